The molecule has 1 aromatic rings. The maximum atomic E-state index is 5.73. The van der Waals surface area contributed by atoms with Crippen molar-refractivity contribution < 1.29 is 4.74 Å². The third-order valence-electron chi connectivity index (χ3n) is 4.99. The van der Waals surface area contributed by atoms with E-state index < -0.39 is 0 Å². The summed E-state index contributed by atoms with van der Waals surface area (Å²) in [5.74, 6) is 0. The zero-order chi connectivity index (χ0) is 15.5. The Kier molecular flexibility index (Phi) is 5.42. The van der Waals surface area contributed by atoms with E-state index in [1.54, 1.807) is 0 Å². The van der Waals surface area contributed by atoms with Gasteiger partial charge in [0.1, 0.15) is 0 Å². The van der Waals surface area contributed by atoms with Crippen LogP contribution in [0.4, 0.5) is 0 Å². The van der Waals surface area contributed by atoms with Gasteiger partial charge in [-0.3, -0.25) is 4.90 Å². The lowest BCUT2D eigenvalue weighted by atomic mass is 9.91. The third-order valence-corrected chi connectivity index (χ3v) is 4.99. The van der Waals surface area contributed by atoms with E-state index in [-0.39, 0.29) is 5.60 Å². The van der Waals surface area contributed by atoms with Crippen molar-refractivity contribution in [3.8, 4) is 0 Å². The zero-order valence-corrected chi connectivity index (χ0v) is 14.1. The van der Waals surface area contributed by atoms with Crippen molar-refractivity contribution in [1.29, 1.82) is 0 Å². The van der Waals surface area contributed by atoms with Gasteiger partial charge in [0.25, 0.3) is 0 Å². The first kappa shape index (κ1) is 16.5. The van der Waals surface area contributed by atoms with Gasteiger partial charge in [-0.1, -0.05) is 29.8 Å². The number of nitrogens with zero attached hydrogens (tertiary/aromatic N) is 1. The number of methoxy groups -OCH3 is 1. The van der Waals surface area contributed by atoms with Crippen molar-refractivity contribution in [2.24, 2.45) is 0 Å². The molecule has 0 aromatic heterocycles. The lowest BCUT2D eigenvalue weighted by Crippen LogP contribution is -2.53. The fraction of sp³-hybridized carbons (Fsp3) is 0.667. The van der Waals surface area contributed by atoms with E-state index in [0.717, 1.165) is 19.5 Å². The molecule has 3 nitrogen and oxygen atoms in total. The van der Waals surface area contributed by atoms with E-state index in [2.05, 4.69) is 62.3 Å². The maximum Gasteiger partial charge on any atom is 0.0777 e. The minimum atomic E-state index is -0.00191. The molecule has 0 aliphatic carbocycles. The number of hydrogen-bond donors (Lipinski definition) is 1. The molecule has 0 spiro atoms. The average molecular weight is 290 g/mol. The minimum absolute atomic E-state index is 0.00191. The van der Waals surface area contributed by atoms with E-state index in [1.165, 1.54) is 17.5 Å². The lowest BCUT2D eigenvalue weighted by molar-refractivity contribution is -0.0628. The van der Waals surface area contributed by atoms with Crippen LogP contribution in [0.25, 0.3) is 0 Å². The van der Waals surface area contributed by atoms with Gasteiger partial charge in [-0.15, -0.1) is 0 Å². The standard InChI is InChI=1S/C18H30N2O/c1-14-7-9-16(10-8-14)17(19-4)15(2)20-12-6-11-18(3,13-20)21-5/h7-10,15,17,19H,6,11-13H2,1-5H3. The van der Waals surface area contributed by atoms with E-state index >= 15 is 0 Å². The first-order chi connectivity index (χ1) is 9.99. The summed E-state index contributed by atoms with van der Waals surface area (Å²) < 4.78 is 5.73. The van der Waals surface area contributed by atoms with Crippen molar-refractivity contribution in [3.63, 3.8) is 0 Å². The van der Waals surface area contributed by atoms with Crippen LogP contribution in [0.3, 0.4) is 0 Å². The topological polar surface area (TPSA) is 24.5 Å². The molecule has 0 saturated carbocycles. The molecule has 21 heavy (non-hydrogen) atoms. The molecular weight excluding hydrogens is 260 g/mol. The molecule has 1 aromatic carbocycles. The first-order valence-corrected chi connectivity index (χ1v) is 8.02. The number of likely N-dealkylation sites (N-methyl/N-ethyl adjacent to an activating group) is 1. The summed E-state index contributed by atoms with van der Waals surface area (Å²) in [6.45, 7) is 8.85. The van der Waals surface area contributed by atoms with Crippen LogP contribution in [-0.2, 0) is 4.74 Å². The Morgan fingerprint density at radius 3 is 2.52 bits per heavy atom. The molecule has 1 aliphatic rings. The smallest absolute Gasteiger partial charge is 0.0777 e. The van der Waals surface area contributed by atoms with Crippen molar-refractivity contribution in [2.75, 3.05) is 27.2 Å². The van der Waals surface area contributed by atoms with Gasteiger partial charge < -0.3 is 10.1 Å². The predicted octanol–water partition coefficient (Wildman–Crippen LogP) is 3.14. The summed E-state index contributed by atoms with van der Waals surface area (Å²) in [6.07, 6.45) is 2.36. The molecule has 3 heteroatoms. The van der Waals surface area contributed by atoms with E-state index in [4.69, 9.17) is 4.74 Å². The average Bonchev–Trinajstić information content (AvgIpc) is 2.50. The van der Waals surface area contributed by atoms with Crippen molar-refractivity contribution in [2.45, 2.75) is 51.3 Å². The summed E-state index contributed by atoms with van der Waals surface area (Å²) in [4.78, 5) is 2.56. The summed E-state index contributed by atoms with van der Waals surface area (Å²) >= 11 is 0. The number of aryl methyl sites for hydroxylation is 1. The van der Waals surface area contributed by atoms with Gasteiger partial charge in [0.2, 0.25) is 0 Å². The number of benzene rings is 1. The Balaban J connectivity index is 2.12. The summed E-state index contributed by atoms with van der Waals surface area (Å²) in [5.41, 5.74) is 2.67. The fourth-order valence-corrected chi connectivity index (χ4v) is 3.43. The Labute approximate surface area is 129 Å². The van der Waals surface area contributed by atoms with Gasteiger partial charge in [0, 0.05) is 25.7 Å². The molecule has 118 valence electrons. The van der Waals surface area contributed by atoms with E-state index in [0.29, 0.717) is 12.1 Å². The third kappa shape index (κ3) is 3.85. The van der Waals surface area contributed by atoms with Crippen LogP contribution in [0, 0.1) is 6.92 Å². The van der Waals surface area contributed by atoms with Crippen LogP contribution in [-0.4, -0.2) is 43.8 Å². The van der Waals surface area contributed by atoms with Crippen molar-refractivity contribution in [3.05, 3.63) is 35.4 Å². The van der Waals surface area contributed by atoms with E-state index in [9.17, 15) is 0 Å². The molecular formula is C18H30N2O. The highest BCUT2D eigenvalue weighted by molar-refractivity contribution is 5.25. The van der Waals surface area contributed by atoms with Crippen LogP contribution >= 0.6 is 0 Å². The Bertz CT molecular complexity index is 445. The Morgan fingerprint density at radius 1 is 1.29 bits per heavy atom. The highest BCUT2D eigenvalue weighted by Gasteiger charge is 2.35. The quantitative estimate of drug-likeness (QED) is 0.901. The molecule has 0 bridgehead atoms. The van der Waals surface area contributed by atoms with Crippen LogP contribution in [0.1, 0.15) is 43.9 Å². The molecule has 1 heterocycles. The first-order valence-electron chi connectivity index (χ1n) is 8.02. The normalized spacial score (nSPS) is 26.5. The fourth-order valence-electron chi connectivity index (χ4n) is 3.43. The van der Waals surface area contributed by atoms with Crippen LogP contribution in [0.15, 0.2) is 24.3 Å². The van der Waals surface area contributed by atoms with Crippen LogP contribution in [0.5, 0.6) is 0 Å². The number of hydrogen-bond acceptors (Lipinski definition) is 3. The van der Waals surface area contributed by atoms with Crippen LogP contribution in [0.2, 0.25) is 0 Å². The molecule has 3 atom stereocenters. The highest BCUT2D eigenvalue weighted by Crippen LogP contribution is 2.29. The number of likely N-dealkylation sites (tertiary alicyclic amines) is 1. The van der Waals surface area contributed by atoms with Gasteiger partial charge in [-0.2, -0.15) is 0 Å². The van der Waals surface area contributed by atoms with E-state index in [1.807, 2.05) is 7.11 Å². The number of ether oxygens (including phenoxy) is 1. The molecule has 1 fully saturated rings. The number of rotatable bonds is 5. The summed E-state index contributed by atoms with van der Waals surface area (Å²) in [7, 11) is 3.89. The maximum absolute atomic E-state index is 5.73. The summed E-state index contributed by atoms with van der Waals surface area (Å²) in [5, 5.41) is 3.50. The van der Waals surface area contributed by atoms with Crippen molar-refractivity contribution >= 4 is 0 Å². The molecule has 0 radical (unpaired) electrons. The lowest BCUT2D eigenvalue weighted by Gasteiger charge is -2.44. The molecule has 1 N–H and O–H groups in total. The van der Waals surface area contributed by atoms with Gasteiger partial charge >= 0.3 is 0 Å². The second-order valence-electron chi connectivity index (χ2n) is 6.65. The largest absolute Gasteiger partial charge is 0.377 e. The molecule has 1 saturated heterocycles. The van der Waals surface area contributed by atoms with Gasteiger partial charge in [0.05, 0.1) is 5.60 Å². The minimum Gasteiger partial charge on any atom is -0.377 e. The molecule has 2 rings (SSSR count). The predicted molar refractivity (Wildman–Crippen MR) is 88.7 cm³/mol. The van der Waals surface area contributed by atoms with Gasteiger partial charge in [-0.25, -0.2) is 0 Å². The molecule has 3 unspecified atom stereocenters. The monoisotopic (exact) mass is 290 g/mol. The second-order valence-corrected chi connectivity index (χ2v) is 6.65. The molecule has 0 amide bonds. The van der Waals surface area contributed by atoms with Gasteiger partial charge in [0.15, 0.2) is 0 Å². The van der Waals surface area contributed by atoms with Crippen LogP contribution < -0.4 is 5.32 Å². The number of piperidine rings is 1. The molecule has 1 aliphatic heterocycles. The zero-order valence-electron chi connectivity index (χ0n) is 14.1. The highest BCUT2D eigenvalue weighted by atomic mass is 16.5. The number of nitrogens with one attached hydrogen (secondary N) is 1. The Morgan fingerprint density at radius 2 is 1.95 bits per heavy atom. The summed E-state index contributed by atoms with van der Waals surface area (Å²) in [6, 6.07) is 9.68. The van der Waals surface area contributed by atoms with Crippen molar-refractivity contribution in [1.82, 2.24) is 10.2 Å². The van der Waals surface area contributed by atoms with Gasteiger partial charge in [-0.05, 0) is 52.8 Å². The second kappa shape index (κ2) is 6.91. The Hall–Kier alpha value is -0.900. The SMILES string of the molecule is CNC(c1ccc(C)cc1)C(C)N1CCCC(C)(OC)C1.